The summed E-state index contributed by atoms with van der Waals surface area (Å²) in [5.41, 5.74) is 0. The zero-order chi connectivity index (χ0) is 12.3. The first kappa shape index (κ1) is 13.2. The van der Waals surface area contributed by atoms with Crippen molar-refractivity contribution < 1.29 is 17.6 Å². The highest BCUT2D eigenvalue weighted by atomic mass is 35.5. The normalized spacial score (nSPS) is 11.9. The first-order valence-electron chi connectivity index (χ1n) is 3.78. The largest absolute Gasteiger partial charge is 0.348 e. The van der Waals surface area contributed by atoms with Gasteiger partial charge in [-0.25, -0.2) is 8.78 Å². The summed E-state index contributed by atoms with van der Waals surface area (Å²) in [6.07, 6.45) is -3.78. The van der Waals surface area contributed by atoms with Gasteiger partial charge in [0.25, 0.3) is 0 Å². The van der Waals surface area contributed by atoms with E-state index in [4.69, 9.17) is 23.2 Å². The number of hydrogen-bond donors (Lipinski definition) is 1. The fraction of sp³-hybridized carbons (Fsp3) is 0.500. The van der Waals surface area contributed by atoms with E-state index >= 15 is 0 Å². The van der Waals surface area contributed by atoms with Crippen LogP contribution in [0.1, 0.15) is 0 Å². The summed E-state index contributed by atoms with van der Waals surface area (Å²) < 4.78 is 48.5. The van der Waals surface area contributed by atoms with E-state index in [9.17, 15) is 17.6 Å². The van der Waals surface area contributed by atoms with Gasteiger partial charge in [-0.3, -0.25) is 0 Å². The molecule has 1 N–H and O–H groups in total. The predicted molar refractivity (Wildman–Crippen MR) is 49.3 cm³/mol. The van der Waals surface area contributed by atoms with Crippen molar-refractivity contribution in [2.75, 3.05) is 11.9 Å². The Morgan fingerprint density at radius 2 is 1.62 bits per heavy atom. The first-order chi connectivity index (χ1) is 7.31. The van der Waals surface area contributed by atoms with Crippen molar-refractivity contribution in [3.8, 4) is 0 Å². The summed E-state index contributed by atoms with van der Waals surface area (Å²) >= 11 is 10.7. The summed E-state index contributed by atoms with van der Waals surface area (Å²) in [4.78, 5) is 10.1. The fourth-order valence-electron chi connectivity index (χ4n) is 0.679. The lowest BCUT2D eigenvalue weighted by molar-refractivity contribution is -0.117. The van der Waals surface area contributed by atoms with E-state index in [1.54, 1.807) is 0 Å². The van der Waals surface area contributed by atoms with Crippen LogP contribution in [0, 0.1) is 0 Å². The van der Waals surface area contributed by atoms with Crippen molar-refractivity contribution in [2.24, 2.45) is 0 Å². The van der Waals surface area contributed by atoms with Crippen LogP contribution in [0.3, 0.4) is 0 Å². The highest BCUT2D eigenvalue weighted by Crippen LogP contribution is 2.22. The highest BCUT2D eigenvalue weighted by molar-refractivity contribution is 6.31. The van der Waals surface area contributed by atoms with Gasteiger partial charge < -0.3 is 5.32 Å². The van der Waals surface area contributed by atoms with Crippen LogP contribution in [0.4, 0.5) is 23.5 Å². The van der Waals surface area contributed by atoms with Crippen LogP contribution in [0.2, 0.25) is 10.6 Å². The Kier molecular flexibility index (Phi) is 4.09. The molecule has 0 amide bonds. The van der Waals surface area contributed by atoms with Crippen LogP contribution in [-0.2, 0) is 0 Å². The smallest absolute Gasteiger partial charge is 0.324 e. The lowest BCUT2D eigenvalue weighted by Crippen LogP contribution is -2.35. The van der Waals surface area contributed by atoms with Crippen LogP contribution in [0.5, 0.6) is 0 Å². The highest BCUT2D eigenvalue weighted by Gasteiger charge is 2.40. The van der Waals surface area contributed by atoms with Gasteiger partial charge in [0.2, 0.25) is 16.5 Å². The zero-order valence-corrected chi connectivity index (χ0v) is 8.91. The molecular weight excluding hydrogens is 275 g/mol. The Labute approximate surface area is 97.0 Å². The van der Waals surface area contributed by atoms with E-state index in [1.165, 1.54) is 0 Å². The van der Waals surface area contributed by atoms with E-state index in [1.807, 2.05) is 5.32 Å². The number of hydrogen-bond acceptors (Lipinski definition) is 4. The summed E-state index contributed by atoms with van der Waals surface area (Å²) in [6, 6.07) is 0. The third-order valence-electron chi connectivity index (χ3n) is 1.38. The van der Waals surface area contributed by atoms with E-state index in [0.717, 1.165) is 0 Å². The topological polar surface area (TPSA) is 50.7 Å². The van der Waals surface area contributed by atoms with Crippen LogP contribution in [0.15, 0.2) is 0 Å². The van der Waals surface area contributed by atoms with Gasteiger partial charge in [-0.15, -0.1) is 0 Å². The number of nitrogens with one attached hydrogen (secondary N) is 1. The van der Waals surface area contributed by atoms with Crippen molar-refractivity contribution >= 4 is 29.2 Å². The van der Waals surface area contributed by atoms with Gasteiger partial charge in [-0.2, -0.15) is 23.7 Å². The minimum Gasteiger partial charge on any atom is -0.348 e. The maximum absolute atomic E-state index is 12.5. The predicted octanol–water partition coefficient (Wildman–Crippen LogP) is 2.49. The average Bonchev–Trinajstić information content (AvgIpc) is 2.13. The SMILES string of the molecule is FC(F)C(F)(F)CNc1nc(Cl)nc(Cl)n1. The fourth-order valence-corrected chi connectivity index (χ4v) is 1.04. The van der Waals surface area contributed by atoms with Gasteiger partial charge >= 0.3 is 12.3 Å². The van der Waals surface area contributed by atoms with Crippen molar-refractivity contribution in [1.29, 1.82) is 0 Å². The molecule has 1 aromatic heterocycles. The molecule has 0 radical (unpaired) electrons. The molecule has 1 heterocycles. The molecule has 4 nitrogen and oxygen atoms in total. The van der Waals surface area contributed by atoms with Gasteiger partial charge in [0.05, 0.1) is 6.54 Å². The number of alkyl halides is 4. The zero-order valence-electron chi connectivity index (χ0n) is 7.39. The van der Waals surface area contributed by atoms with Gasteiger partial charge in [-0.1, -0.05) is 0 Å². The molecule has 0 fully saturated rings. The van der Waals surface area contributed by atoms with Crippen LogP contribution in [0.25, 0.3) is 0 Å². The second kappa shape index (κ2) is 4.96. The standard InChI is InChI=1S/C6H4Cl2F4N4/c7-3-14-4(8)16-5(15-3)13-1-6(11,12)2(9)10/h2H,1H2,(H,13,14,15,16). The third-order valence-corrected chi connectivity index (χ3v) is 1.72. The lowest BCUT2D eigenvalue weighted by Gasteiger charge is -2.15. The van der Waals surface area contributed by atoms with Crippen molar-refractivity contribution in [2.45, 2.75) is 12.3 Å². The number of rotatable bonds is 4. The molecule has 16 heavy (non-hydrogen) atoms. The summed E-state index contributed by atoms with van der Waals surface area (Å²) in [7, 11) is 0. The molecule has 1 rings (SSSR count). The van der Waals surface area contributed by atoms with Crippen LogP contribution < -0.4 is 5.32 Å². The summed E-state index contributed by atoms with van der Waals surface area (Å²) in [6.45, 7) is -1.33. The van der Waals surface area contributed by atoms with Crippen LogP contribution >= 0.6 is 23.2 Å². The molecule has 0 unspecified atom stereocenters. The second-order valence-electron chi connectivity index (χ2n) is 2.61. The van der Waals surface area contributed by atoms with E-state index in [2.05, 4.69) is 15.0 Å². The van der Waals surface area contributed by atoms with Crippen molar-refractivity contribution in [3.63, 3.8) is 0 Å². The first-order valence-corrected chi connectivity index (χ1v) is 4.54. The minimum atomic E-state index is -4.19. The molecular formula is C6H4Cl2F4N4. The summed E-state index contributed by atoms with van der Waals surface area (Å²) in [5.74, 6) is -4.59. The van der Waals surface area contributed by atoms with Gasteiger partial charge in [-0.05, 0) is 23.2 Å². The molecule has 0 aliphatic rings. The Morgan fingerprint density at radius 1 is 1.12 bits per heavy atom. The molecule has 0 saturated carbocycles. The molecule has 0 bridgehead atoms. The molecule has 90 valence electrons. The Hall–Kier alpha value is -0.890. The Balaban J connectivity index is 2.68. The molecule has 0 atom stereocenters. The van der Waals surface area contributed by atoms with Gasteiger partial charge in [0.15, 0.2) is 0 Å². The minimum absolute atomic E-state index is 0.331. The van der Waals surface area contributed by atoms with E-state index < -0.39 is 24.8 Å². The Morgan fingerprint density at radius 3 is 2.06 bits per heavy atom. The average molecular weight is 279 g/mol. The van der Waals surface area contributed by atoms with Crippen LogP contribution in [-0.4, -0.2) is 33.8 Å². The second-order valence-corrected chi connectivity index (χ2v) is 3.29. The molecule has 0 spiro atoms. The quantitative estimate of drug-likeness (QED) is 0.860. The van der Waals surface area contributed by atoms with Crippen molar-refractivity contribution in [3.05, 3.63) is 10.6 Å². The number of halogens is 6. The maximum Gasteiger partial charge on any atom is 0.324 e. The third kappa shape index (κ3) is 3.60. The van der Waals surface area contributed by atoms with E-state index in [-0.39, 0.29) is 10.6 Å². The monoisotopic (exact) mass is 278 g/mol. The lowest BCUT2D eigenvalue weighted by atomic mass is 10.3. The number of aromatic nitrogens is 3. The number of anilines is 1. The molecule has 0 aromatic carbocycles. The van der Waals surface area contributed by atoms with E-state index in [0.29, 0.717) is 0 Å². The van der Waals surface area contributed by atoms with Gasteiger partial charge in [0, 0.05) is 0 Å². The molecule has 0 aliphatic carbocycles. The molecule has 0 aliphatic heterocycles. The van der Waals surface area contributed by atoms with Gasteiger partial charge in [0.1, 0.15) is 0 Å². The van der Waals surface area contributed by atoms with Crippen molar-refractivity contribution in [1.82, 2.24) is 15.0 Å². The molecule has 0 saturated heterocycles. The maximum atomic E-state index is 12.5. The molecule has 10 heteroatoms. The molecule has 1 aromatic rings. The summed E-state index contributed by atoms with van der Waals surface area (Å²) in [5, 5.41) is 1.23. The Bertz CT molecular complexity index is 355. The number of nitrogens with zero attached hydrogens (tertiary/aromatic N) is 3.